The molecule has 2 rings (SSSR count). The molecule has 0 spiro atoms. The number of aromatic hydroxyl groups is 1. The van der Waals surface area contributed by atoms with Crippen LogP contribution in [0.3, 0.4) is 0 Å². The molecular formula is C16H17NO3. The Kier molecular flexibility index (Phi) is 3.94. The summed E-state index contributed by atoms with van der Waals surface area (Å²) in [5.41, 5.74) is 2.50. The van der Waals surface area contributed by atoms with E-state index in [1.165, 1.54) is 0 Å². The number of methoxy groups -OCH3 is 1. The van der Waals surface area contributed by atoms with Gasteiger partial charge in [-0.05, 0) is 43.2 Å². The van der Waals surface area contributed by atoms with Crippen molar-refractivity contribution < 1.29 is 14.6 Å². The molecule has 4 heteroatoms. The van der Waals surface area contributed by atoms with Crippen molar-refractivity contribution >= 4 is 11.6 Å². The van der Waals surface area contributed by atoms with E-state index in [1.54, 1.807) is 38.3 Å². The van der Waals surface area contributed by atoms with E-state index in [4.69, 9.17) is 4.74 Å². The minimum Gasteiger partial charge on any atom is -0.507 e. The number of hydrogen-bond acceptors (Lipinski definition) is 3. The normalized spacial score (nSPS) is 10.2. The van der Waals surface area contributed by atoms with E-state index in [9.17, 15) is 9.90 Å². The van der Waals surface area contributed by atoms with Crippen LogP contribution in [-0.4, -0.2) is 18.1 Å². The van der Waals surface area contributed by atoms with E-state index >= 15 is 0 Å². The fraction of sp³-hybridized carbons (Fsp3) is 0.188. The number of phenols is 1. The number of carbonyl (C=O) groups is 1. The van der Waals surface area contributed by atoms with Crippen LogP contribution >= 0.6 is 0 Å². The molecule has 0 fully saturated rings. The summed E-state index contributed by atoms with van der Waals surface area (Å²) in [6.07, 6.45) is 0. The molecule has 0 unspecified atom stereocenters. The molecule has 2 aromatic rings. The van der Waals surface area contributed by atoms with Crippen LogP contribution in [0.5, 0.6) is 11.5 Å². The maximum Gasteiger partial charge on any atom is 0.259 e. The molecule has 0 atom stereocenters. The summed E-state index contributed by atoms with van der Waals surface area (Å²) >= 11 is 0. The number of benzene rings is 2. The van der Waals surface area contributed by atoms with Crippen molar-refractivity contribution in [1.82, 2.24) is 0 Å². The molecule has 20 heavy (non-hydrogen) atoms. The van der Waals surface area contributed by atoms with Gasteiger partial charge in [0.2, 0.25) is 0 Å². The zero-order valence-electron chi connectivity index (χ0n) is 11.7. The van der Waals surface area contributed by atoms with Crippen LogP contribution in [0, 0.1) is 13.8 Å². The highest BCUT2D eigenvalue weighted by Crippen LogP contribution is 2.27. The molecule has 0 aliphatic rings. The highest BCUT2D eigenvalue weighted by atomic mass is 16.5. The predicted octanol–water partition coefficient (Wildman–Crippen LogP) is 3.27. The Morgan fingerprint density at radius 1 is 1.20 bits per heavy atom. The van der Waals surface area contributed by atoms with Gasteiger partial charge in [0, 0.05) is 0 Å². The molecule has 0 radical (unpaired) electrons. The molecule has 0 bridgehead atoms. The maximum absolute atomic E-state index is 12.2. The Morgan fingerprint density at radius 2 is 1.95 bits per heavy atom. The summed E-state index contributed by atoms with van der Waals surface area (Å²) in [6.45, 7) is 3.68. The minimum absolute atomic E-state index is 0.00313. The van der Waals surface area contributed by atoms with Crippen molar-refractivity contribution in [3.8, 4) is 11.5 Å². The first-order valence-corrected chi connectivity index (χ1v) is 6.27. The van der Waals surface area contributed by atoms with Gasteiger partial charge in [0.15, 0.2) is 0 Å². The van der Waals surface area contributed by atoms with Crippen molar-refractivity contribution in [2.24, 2.45) is 0 Å². The number of ether oxygens (including phenoxy) is 1. The average molecular weight is 271 g/mol. The summed E-state index contributed by atoms with van der Waals surface area (Å²) in [5, 5.41) is 12.7. The summed E-state index contributed by atoms with van der Waals surface area (Å²) in [4.78, 5) is 12.2. The van der Waals surface area contributed by atoms with Crippen molar-refractivity contribution in [1.29, 1.82) is 0 Å². The second-order valence-corrected chi connectivity index (χ2v) is 4.63. The number of amides is 1. The van der Waals surface area contributed by atoms with Gasteiger partial charge in [-0.1, -0.05) is 18.2 Å². The number of nitrogens with one attached hydrogen (secondary N) is 1. The van der Waals surface area contributed by atoms with Crippen LogP contribution in [0.4, 0.5) is 5.69 Å². The van der Waals surface area contributed by atoms with Gasteiger partial charge in [0.1, 0.15) is 11.5 Å². The zero-order valence-corrected chi connectivity index (χ0v) is 11.7. The van der Waals surface area contributed by atoms with Gasteiger partial charge in [0.25, 0.3) is 5.91 Å². The first-order valence-electron chi connectivity index (χ1n) is 6.27. The van der Waals surface area contributed by atoms with Crippen molar-refractivity contribution in [3.63, 3.8) is 0 Å². The van der Waals surface area contributed by atoms with Gasteiger partial charge in [-0.15, -0.1) is 0 Å². The van der Waals surface area contributed by atoms with Gasteiger partial charge in [-0.25, -0.2) is 0 Å². The Balaban J connectivity index is 2.32. The number of rotatable bonds is 3. The molecule has 2 aromatic carbocycles. The smallest absolute Gasteiger partial charge is 0.259 e. The second-order valence-electron chi connectivity index (χ2n) is 4.63. The topological polar surface area (TPSA) is 58.6 Å². The van der Waals surface area contributed by atoms with E-state index in [2.05, 4.69) is 5.32 Å². The van der Waals surface area contributed by atoms with Gasteiger partial charge in [-0.3, -0.25) is 4.79 Å². The van der Waals surface area contributed by atoms with E-state index in [1.807, 2.05) is 19.1 Å². The molecule has 0 aliphatic heterocycles. The Labute approximate surface area is 118 Å². The monoisotopic (exact) mass is 271 g/mol. The number of phenolic OH excluding ortho intramolecular Hbond substituents is 1. The van der Waals surface area contributed by atoms with Crippen LogP contribution < -0.4 is 10.1 Å². The zero-order chi connectivity index (χ0) is 14.7. The van der Waals surface area contributed by atoms with Crippen LogP contribution in [0.25, 0.3) is 0 Å². The van der Waals surface area contributed by atoms with Gasteiger partial charge in [0.05, 0.1) is 18.4 Å². The molecule has 0 saturated heterocycles. The first kappa shape index (κ1) is 13.9. The Morgan fingerprint density at radius 3 is 2.65 bits per heavy atom. The first-order chi connectivity index (χ1) is 9.52. The van der Waals surface area contributed by atoms with Crippen molar-refractivity contribution in [2.45, 2.75) is 13.8 Å². The van der Waals surface area contributed by atoms with E-state index in [-0.39, 0.29) is 17.2 Å². The van der Waals surface area contributed by atoms with Crippen LogP contribution in [0.2, 0.25) is 0 Å². The summed E-state index contributed by atoms with van der Waals surface area (Å²) in [5.74, 6) is 0.211. The summed E-state index contributed by atoms with van der Waals surface area (Å²) < 4.78 is 5.21. The number of carbonyl (C=O) groups excluding carboxylic acids is 1. The van der Waals surface area contributed by atoms with E-state index in [0.717, 1.165) is 5.56 Å². The third kappa shape index (κ3) is 2.74. The quantitative estimate of drug-likeness (QED) is 0.900. The lowest BCUT2D eigenvalue weighted by Crippen LogP contribution is -2.13. The molecule has 0 saturated carbocycles. The Hall–Kier alpha value is -2.49. The van der Waals surface area contributed by atoms with Crippen molar-refractivity contribution in [2.75, 3.05) is 12.4 Å². The van der Waals surface area contributed by atoms with Gasteiger partial charge in [-0.2, -0.15) is 0 Å². The number of hydrogen-bond donors (Lipinski definition) is 2. The largest absolute Gasteiger partial charge is 0.507 e. The number of para-hydroxylation sites is 1. The Bertz CT molecular complexity index is 650. The van der Waals surface area contributed by atoms with Gasteiger partial charge >= 0.3 is 0 Å². The molecule has 0 aromatic heterocycles. The maximum atomic E-state index is 12.2. The molecule has 0 aliphatic carbocycles. The number of anilines is 1. The molecule has 0 heterocycles. The fourth-order valence-corrected chi connectivity index (χ4v) is 1.95. The van der Waals surface area contributed by atoms with E-state index < -0.39 is 0 Å². The van der Waals surface area contributed by atoms with Crippen LogP contribution in [0.15, 0.2) is 36.4 Å². The fourth-order valence-electron chi connectivity index (χ4n) is 1.95. The average Bonchev–Trinajstić information content (AvgIpc) is 2.42. The molecule has 4 nitrogen and oxygen atoms in total. The lowest BCUT2D eigenvalue weighted by Gasteiger charge is -2.12. The molecule has 104 valence electrons. The number of aryl methyl sites for hydroxylation is 2. The molecule has 2 N–H and O–H groups in total. The molecule has 1 amide bonds. The summed E-state index contributed by atoms with van der Waals surface area (Å²) in [7, 11) is 1.55. The van der Waals surface area contributed by atoms with Crippen LogP contribution in [-0.2, 0) is 0 Å². The minimum atomic E-state index is -0.366. The SMILES string of the molecule is COc1ccc(C)cc1NC(=O)c1cccc(C)c1O. The lowest BCUT2D eigenvalue weighted by molar-refractivity contribution is 0.102. The second kappa shape index (κ2) is 5.65. The predicted molar refractivity (Wildman–Crippen MR) is 78.5 cm³/mol. The third-order valence-corrected chi connectivity index (χ3v) is 3.09. The standard InChI is InChI=1S/C16H17NO3/c1-10-7-8-14(20-3)13(9-10)17-16(19)12-6-4-5-11(2)15(12)18/h4-9,18H,1-3H3,(H,17,19). The van der Waals surface area contributed by atoms with Crippen molar-refractivity contribution in [3.05, 3.63) is 53.1 Å². The lowest BCUT2D eigenvalue weighted by atomic mass is 10.1. The van der Waals surface area contributed by atoms with E-state index in [0.29, 0.717) is 17.0 Å². The highest BCUT2D eigenvalue weighted by Gasteiger charge is 2.14. The summed E-state index contributed by atoms with van der Waals surface area (Å²) in [6, 6.07) is 10.6. The third-order valence-electron chi connectivity index (χ3n) is 3.09. The highest BCUT2D eigenvalue weighted by molar-refractivity contribution is 6.07. The van der Waals surface area contributed by atoms with Crippen LogP contribution in [0.1, 0.15) is 21.5 Å². The molecular weight excluding hydrogens is 254 g/mol. The van der Waals surface area contributed by atoms with Gasteiger partial charge < -0.3 is 15.2 Å².